The number of imidazole rings is 1. The summed E-state index contributed by atoms with van der Waals surface area (Å²) in [6.45, 7) is 3.83. The van der Waals surface area contributed by atoms with Crippen LogP contribution in [0.15, 0.2) is 12.5 Å². The minimum absolute atomic E-state index is 0.0615. The topological polar surface area (TPSA) is 57.8 Å². The lowest BCUT2D eigenvalue weighted by molar-refractivity contribution is -0.123. The first-order chi connectivity index (χ1) is 6.65. The van der Waals surface area contributed by atoms with Gasteiger partial charge in [0.2, 0.25) is 0 Å². The van der Waals surface area contributed by atoms with Crippen molar-refractivity contribution in [3.63, 3.8) is 0 Å². The van der Waals surface area contributed by atoms with Gasteiger partial charge >= 0.3 is 0 Å². The van der Waals surface area contributed by atoms with Gasteiger partial charge in [0.15, 0.2) is 5.78 Å². The van der Waals surface area contributed by atoms with Gasteiger partial charge in [-0.15, -0.1) is 0 Å². The summed E-state index contributed by atoms with van der Waals surface area (Å²) in [6, 6.07) is -0.127. The quantitative estimate of drug-likeness (QED) is 0.729. The first-order valence-electron chi connectivity index (χ1n) is 4.83. The van der Waals surface area contributed by atoms with Gasteiger partial charge in [-0.1, -0.05) is 13.8 Å². The van der Waals surface area contributed by atoms with Crippen molar-refractivity contribution >= 4 is 5.78 Å². The van der Waals surface area contributed by atoms with Crippen molar-refractivity contribution in [1.82, 2.24) is 15.3 Å². The summed E-state index contributed by atoms with van der Waals surface area (Å²) >= 11 is 0. The van der Waals surface area contributed by atoms with Crippen LogP contribution in [0.25, 0.3) is 0 Å². The van der Waals surface area contributed by atoms with E-state index in [-0.39, 0.29) is 17.7 Å². The zero-order valence-corrected chi connectivity index (χ0v) is 8.87. The molecule has 0 fully saturated rings. The Morgan fingerprint density at radius 3 is 2.79 bits per heavy atom. The van der Waals surface area contributed by atoms with E-state index in [4.69, 9.17) is 0 Å². The number of aromatic nitrogens is 2. The molecule has 0 aliphatic carbocycles. The molecule has 0 unspecified atom stereocenters. The molecule has 4 nitrogen and oxygen atoms in total. The van der Waals surface area contributed by atoms with Crippen LogP contribution in [-0.4, -0.2) is 28.8 Å². The van der Waals surface area contributed by atoms with Crippen LogP contribution in [0.5, 0.6) is 0 Å². The summed E-state index contributed by atoms with van der Waals surface area (Å²) in [5.74, 6) is 0.293. The van der Waals surface area contributed by atoms with E-state index in [0.717, 1.165) is 5.69 Å². The second kappa shape index (κ2) is 4.91. The Morgan fingerprint density at radius 1 is 1.64 bits per heavy atom. The Labute approximate surface area is 84.1 Å². The lowest BCUT2D eigenvalue weighted by Crippen LogP contribution is -2.38. The zero-order valence-electron chi connectivity index (χ0n) is 8.87. The molecule has 1 aromatic rings. The molecule has 1 aromatic heterocycles. The third-order valence-corrected chi connectivity index (χ3v) is 2.23. The Balaban J connectivity index is 2.60. The van der Waals surface area contributed by atoms with E-state index in [1.807, 2.05) is 20.0 Å². The number of aromatic amines is 1. The summed E-state index contributed by atoms with van der Waals surface area (Å²) in [5, 5.41) is 3.02. The number of hydrogen-bond donors (Lipinski definition) is 2. The largest absolute Gasteiger partial charge is 0.351 e. The number of carbonyl (C=O) groups excluding carboxylic acids is 1. The Morgan fingerprint density at radius 2 is 2.36 bits per heavy atom. The van der Waals surface area contributed by atoms with Crippen LogP contribution in [0, 0.1) is 5.92 Å². The molecule has 1 heterocycles. The van der Waals surface area contributed by atoms with Crippen LogP contribution < -0.4 is 5.32 Å². The van der Waals surface area contributed by atoms with Crippen molar-refractivity contribution in [2.24, 2.45) is 5.92 Å². The minimum Gasteiger partial charge on any atom is -0.351 e. The molecular formula is C10H17N3O. The highest BCUT2D eigenvalue weighted by molar-refractivity contribution is 5.85. The summed E-state index contributed by atoms with van der Waals surface area (Å²) < 4.78 is 0. The maximum absolute atomic E-state index is 11.7. The summed E-state index contributed by atoms with van der Waals surface area (Å²) in [6.07, 6.45) is 4.09. The van der Waals surface area contributed by atoms with Crippen molar-refractivity contribution in [3.8, 4) is 0 Å². The van der Waals surface area contributed by atoms with Crippen molar-refractivity contribution in [2.75, 3.05) is 7.05 Å². The molecule has 0 bridgehead atoms. The smallest absolute Gasteiger partial charge is 0.152 e. The van der Waals surface area contributed by atoms with Gasteiger partial charge in [0.25, 0.3) is 0 Å². The highest BCUT2D eigenvalue weighted by Crippen LogP contribution is 2.05. The maximum atomic E-state index is 11.7. The predicted octanol–water partition coefficient (Wildman–Crippen LogP) is 0.765. The van der Waals surface area contributed by atoms with Crippen LogP contribution in [0.3, 0.4) is 0 Å². The van der Waals surface area contributed by atoms with Gasteiger partial charge in [-0.25, -0.2) is 4.98 Å². The van der Waals surface area contributed by atoms with Crippen LogP contribution in [0.1, 0.15) is 19.5 Å². The molecule has 0 aromatic carbocycles. The second-order valence-corrected chi connectivity index (χ2v) is 3.66. The van der Waals surface area contributed by atoms with Gasteiger partial charge in [0.1, 0.15) is 0 Å². The number of nitrogens with one attached hydrogen (secondary N) is 2. The molecule has 1 atom stereocenters. The minimum atomic E-state index is -0.127. The van der Waals surface area contributed by atoms with E-state index in [2.05, 4.69) is 15.3 Å². The number of Topliss-reactive ketones (excluding diaryl/α,β-unsaturated/α-hetero) is 1. The van der Waals surface area contributed by atoms with Crippen molar-refractivity contribution in [1.29, 1.82) is 0 Å². The standard InChI is InChI=1S/C10H17N3O/c1-7(2)10(14)9(11-3)4-8-5-12-6-13-8/h5-7,9,11H,4H2,1-3H3,(H,12,13)/t9-/m0/s1. The summed E-state index contributed by atoms with van der Waals surface area (Å²) in [7, 11) is 1.80. The van der Waals surface area contributed by atoms with Crippen LogP contribution in [0.4, 0.5) is 0 Å². The fourth-order valence-corrected chi connectivity index (χ4v) is 1.36. The number of carbonyl (C=O) groups is 1. The van der Waals surface area contributed by atoms with Gasteiger partial charge in [-0.05, 0) is 7.05 Å². The average molecular weight is 195 g/mol. The van der Waals surface area contributed by atoms with E-state index < -0.39 is 0 Å². The third kappa shape index (κ3) is 2.67. The number of hydrogen-bond acceptors (Lipinski definition) is 3. The van der Waals surface area contributed by atoms with Gasteiger partial charge in [0.05, 0.1) is 18.1 Å². The lowest BCUT2D eigenvalue weighted by atomic mass is 9.98. The Bertz CT molecular complexity index is 280. The van der Waals surface area contributed by atoms with Gasteiger partial charge in [-0.2, -0.15) is 0 Å². The third-order valence-electron chi connectivity index (χ3n) is 2.23. The fourth-order valence-electron chi connectivity index (χ4n) is 1.36. The van der Waals surface area contributed by atoms with Crippen LogP contribution in [0.2, 0.25) is 0 Å². The van der Waals surface area contributed by atoms with E-state index in [1.54, 1.807) is 13.4 Å². The highest BCUT2D eigenvalue weighted by Gasteiger charge is 2.20. The average Bonchev–Trinajstić information content (AvgIpc) is 2.65. The molecule has 14 heavy (non-hydrogen) atoms. The molecule has 0 amide bonds. The summed E-state index contributed by atoms with van der Waals surface area (Å²) in [4.78, 5) is 18.7. The van der Waals surface area contributed by atoms with E-state index in [9.17, 15) is 4.79 Å². The molecule has 0 aliphatic heterocycles. The predicted molar refractivity (Wildman–Crippen MR) is 55.0 cm³/mol. The first-order valence-corrected chi connectivity index (χ1v) is 4.83. The van der Waals surface area contributed by atoms with Gasteiger partial charge in [0, 0.05) is 18.5 Å². The summed E-state index contributed by atoms with van der Waals surface area (Å²) in [5.41, 5.74) is 0.915. The molecule has 0 spiro atoms. The number of nitrogens with zero attached hydrogens (tertiary/aromatic N) is 1. The second-order valence-electron chi connectivity index (χ2n) is 3.66. The zero-order chi connectivity index (χ0) is 10.6. The van der Waals surface area contributed by atoms with Crippen LogP contribution in [-0.2, 0) is 11.2 Å². The molecule has 0 saturated heterocycles. The molecule has 4 heteroatoms. The Hall–Kier alpha value is -1.16. The number of ketones is 1. The SMILES string of the molecule is CN[C@@H](Cc1c[nH]cn1)C(=O)C(C)C. The molecular weight excluding hydrogens is 178 g/mol. The number of likely N-dealkylation sites (N-methyl/N-ethyl adjacent to an activating group) is 1. The van der Waals surface area contributed by atoms with Crippen molar-refractivity contribution in [2.45, 2.75) is 26.3 Å². The normalized spacial score (nSPS) is 13.1. The molecule has 0 saturated carbocycles. The highest BCUT2D eigenvalue weighted by atomic mass is 16.1. The van der Waals surface area contributed by atoms with E-state index in [0.29, 0.717) is 6.42 Å². The van der Waals surface area contributed by atoms with Crippen molar-refractivity contribution in [3.05, 3.63) is 18.2 Å². The van der Waals surface area contributed by atoms with E-state index >= 15 is 0 Å². The fraction of sp³-hybridized carbons (Fsp3) is 0.600. The molecule has 1 rings (SSSR count). The van der Waals surface area contributed by atoms with E-state index in [1.165, 1.54) is 0 Å². The monoisotopic (exact) mass is 195 g/mol. The molecule has 0 aliphatic rings. The van der Waals surface area contributed by atoms with Gasteiger partial charge in [-0.3, -0.25) is 4.79 Å². The van der Waals surface area contributed by atoms with Gasteiger partial charge < -0.3 is 10.3 Å². The molecule has 0 radical (unpaired) electrons. The number of H-pyrrole nitrogens is 1. The van der Waals surface area contributed by atoms with Crippen LogP contribution >= 0.6 is 0 Å². The lowest BCUT2D eigenvalue weighted by Gasteiger charge is -2.15. The Kier molecular flexibility index (Phi) is 3.83. The maximum Gasteiger partial charge on any atom is 0.152 e. The molecule has 78 valence electrons. The first kappa shape index (κ1) is 10.9. The molecule has 2 N–H and O–H groups in total. The number of rotatable bonds is 5. The van der Waals surface area contributed by atoms with Crippen molar-refractivity contribution < 1.29 is 4.79 Å².